The Bertz CT molecular complexity index is 1440. The van der Waals surface area contributed by atoms with E-state index < -0.39 is 11.2 Å². The maximum absolute atomic E-state index is 15.6. The van der Waals surface area contributed by atoms with Crippen LogP contribution in [0.1, 0.15) is 54.9 Å². The summed E-state index contributed by atoms with van der Waals surface area (Å²) in [5, 5.41) is 3.18. The molecule has 1 saturated carbocycles. The molecule has 1 aromatic heterocycles. The van der Waals surface area contributed by atoms with Crippen molar-refractivity contribution in [2.75, 3.05) is 38.4 Å². The van der Waals surface area contributed by atoms with Gasteiger partial charge in [0.25, 0.3) is 0 Å². The fourth-order valence-corrected chi connectivity index (χ4v) is 5.71. The van der Waals surface area contributed by atoms with E-state index in [9.17, 15) is 9.59 Å². The third-order valence-corrected chi connectivity index (χ3v) is 7.68. The van der Waals surface area contributed by atoms with Crippen LogP contribution in [0.15, 0.2) is 29.2 Å². The Morgan fingerprint density at radius 3 is 2.62 bits per heavy atom. The molecule has 37 heavy (non-hydrogen) atoms. The van der Waals surface area contributed by atoms with E-state index in [0.29, 0.717) is 36.6 Å². The van der Waals surface area contributed by atoms with E-state index in [-0.39, 0.29) is 39.4 Å². The minimum Gasteiger partial charge on any atom is -0.493 e. The van der Waals surface area contributed by atoms with Gasteiger partial charge in [-0.05, 0) is 50.3 Å². The van der Waals surface area contributed by atoms with Gasteiger partial charge in [0.2, 0.25) is 5.43 Å². The van der Waals surface area contributed by atoms with Crippen molar-refractivity contribution in [2.45, 2.75) is 51.0 Å². The number of hydrogen-bond acceptors (Lipinski definition) is 7. The van der Waals surface area contributed by atoms with Crippen molar-refractivity contribution in [3.63, 3.8) is 0 Å². The minimum absolute atomic E-state index is 0.0158. The Balaban J connectivity index is 1.50. The molecule has 0 unspecified atom stereocenters. The fourth-order valence-electron chi connectivity index (χ4n) is 5.71. The van der Waals surface area contributed by atoms with E-state index >= 15 is 4.39 Å². The van der Waals surface area contributed by atoms with Crippen molar-refractivity contribution < 1.29 is 23.4 Å². The summed E-state index contributed by atoms with van der Waals surface area (Å²) < 4.78 is 34.4. The lowest BCUT2D eigenvalue weighted by Crippen LogP contribution is -2.42. The van der Waals surface area contributed by atoms with Crippen LogP contribution < -0.4 is 30.7 Å². The Kier molecular flexibility index (Phi) is 6.47. The lowest BCUT2D eigenvalue weighted by atomic mass is 9.93. The van der Waals surface area contributed by atoms with Crippen molar-refractivity contribution in [1.82, 2.24) is 4.57 Å². The monoisotopic (exact) mass is 509 g/mol. The van der Waals surface area contributed by atoms with Crippen LogP contribution in [-0.2, 0) is 12.0 Å². The number of benzene rings is 2. The summed E-state index contributed by atoms with van der Waals surface area (Å²) in [5.74, 6) is 0.489. The molecule has 1 spiro atoms. The number of hydrogen-bond donors (Lipinski definition) is 2. The normalized spacial score (nSPS) is 15.6. The molecule has 3 N–H and O–H groups in total. The van der Waals surface area contributed by atoms with Crippen molar-refractivity contribution in [1.29, 1.82) is 0 Å². The Morgan fingerprint density at radius 2 is 1.95 bits per heavy atom. The number of aryl methyl sites for hydroxylation is 1. The zero-order chi connectivity index (χ0) is 26.3. The van der Waals surface area contributed by atoms with Gasteiger partial charge in [-0.15, -0.1) is 0 Å². The maximum Gasteiger partial charge on any atom is 0.202 e. The Labute approximate surface area is 214 Å². The Morgan fingerprint density at radius 1 is 1.22 bits per heavy atom. The number of carbonyl (C=O) groups excluding carboxylic acids is 1. The molecule has 0 amide bonds. The van der Waals surface area contributed by atoms with Crippen LogP contribution in [0.25, 0.3) is 10.9 Å². The molecule has 3 aromatic rings. The third kappa shape index (κ3) is 4.06. The molecular weight excluding hydrogens is 477 g/mol. The number of rotatable bonds is 8. The minimum atomic E-state index is -0.736. The van der Waals surface area contributed by atoms with Crippen molar-refractivity contribution in [3.8, 4) is 17.2 Å². The van der Waals surface area contributed by atoms with E-state index in [1.807, 2.05) is 22.8 Å². The molecule has 0 bridgehead atoms. The summed E-state index contributed by atoms with van der Waals surface area (Å²) >= 11 is 0. The van der Waals surface area contributed by atoms with Crippen molar-refractivity contribution >= 4 is 28.1 Å². The molecule has 0 saturated heterocycles. The molecule has 2 aliphatic rings. The number of nitrogens with two attached hydrogens (primary N) is 1. The number of ketones is 1. The first-order valence-corrected chi connectivity index (χ1v) is 12.6. The topological polar surface area (TPSA) is 105 Å². The van der Waals surface area contributed by atoms with Gasteiger partial charge in [0.15, 0.2) is 28.8 Å². The number of halogens is 1. The first-order valence-electron chi connectivity index (χ1n) is 12.6. The number of nitrogens with zero attached hydrogens (tertiary/aromatic N) is 1. The van der Waals surface area contributed by atoms with Crippen molar-refractivity contribution in [2.24, 2.45) is 0 Å². The highest BCUT2D eigenvalue weighted by atomic mass is 19.1. The van der Waals surface area contributed by atoms with E-state index in [2.05, 4.69) is 5.32 Å². The van der Waals surface area contributed by atoms with Gasteiger partial charge in [0.1, 0.15) is 12.3 Å². The number of ether oxygens (including phenoxy) is 3. The molecule has 5 rings (SSSR count). The zero-order valence-electron chi connectivity index (χ0n) is 21.4. The van der Waals surface area contributed by atoms with Gasteiger partial charge < -0.3 is 29.8 Å². The van der Waals surface area contributed by atoms with E-state index in [0.717, 1.165) is 37.7 Å². The molecular formula is C28H32FN3O5. The average Bonchev–Trinajstić information content (AvgIpc) is 3.37. The molecule has 0 radical (unpaired) electrons. The maximum atomic E-state index is 15.6. The fraction of sp³-hybridized carbons (Fsp3) is 0.429. The first kappa shape index (κ1) is 24.9. The van der Waals surface area contributed by atoms with E-state index in [1.54, 1.807) is 20.4 Å². The highest BCUT2D eigenvalue weighted by Gasteiger charge is 2.42. The summed E-state index contributed by atoms with van der Waals surface area (Å²) in [5.41, 5.74) is 6.72. The van der Waals surface area contributed by atoms with E-state index in [4.69, 9.17) is 19.9 Å². The summed E-state index contributed by atoms with van der Waals surface area (Å²) in [7, 11) is 3.19. The highest BCUT2D eigenvalue weighted by Crippen LogP contribution is 2.48. The van der Waals surface area contributed by atoms with Gasteiger partial charge in [-0.2, -0.15) is 0 Å². The van der Waals surface area contributed by atoms with Crippen molar-refractivity contribution in [3.05, 3.63) is 51.6 Å². The van der Waals surface area contributed by atoms with Gasteiger partial charge >= 0.3 is 0 Å². The molecule has 1 fully saturated rings. The lowest BCUT2D eigenvalue weighted by Gasteiger charge is -2.39. The van der Waals surface area contributed by atoms with Crippen LogP contribution in [0, 0.1) is 5.82 Å². The van der Waals surface area contributed by atoms with Gasteiger partial charge in [0, 0.05) is 12.7 Å². The smallest absolute Gasteiger partial charge is 0.202 e. The standard InChI is InChI=1S/C28H32FN3O5/c1-16(33)18-14-32-25-21(26(18)34)23(30)22(29)24(27(25)37-15-28(32)10-4-5-11-28)31-12-6-7-17-8-9-19(35-2)20(13-17)36-3/h8-9,13-14,31H,4-7,10-12,15,30H2,1-3H3. The van der Waals surface area contributed by atoms with Crippen LogP contribution in [-0.4, -0.2) is 37.7 Å². The number of anilines is 2. The number of pyridine rings is 1. The predicted molar refractivity (Wildman–Crippen MR) is 141 cm³/mol. The van der Waals surface area contributed by atoms with Crippen LogP contribution in [0.3, 0.4) is 0 Å². The Hall–Kier alpha value is -3.75. The molecule has 1 aliphatic carbocycles. The lowest BCUT2D eigenvalue weighted by molar-refractivity contribution is 0.101. The molecule has 1 aliphatic heterocycles. The molecule has 8 nitrogen and oxygen atoms in total. The summed E-state index contributed by atoms with van der Waals surface area (Å²) in [6, 6.07) is 5.75. The van der Waals surface area contributed by atoms with Gasteiger partial charge in [0.05, 0.1) is 41.9 Å². The largest absolute Gasteiger partial charge is 0.493 e. The first-order chi connectivity index (χ1) is 17.8. The number of methoxy groups -OCH3 is 2. The van der Waals surface area contributed by atoms with Crippen LogP contribution >= 0.6 is 0 Å². The number of nitrogen functional groups attached to an aromatic ring is 1. The molecule has 196 valence electrons. The van der Waals surface area contributed by atoms with E-state index in [1.165, 1.54) is 6.92 Å². The highest BCUT2D eigenvalue weighted by molar-refractivity contribution is 6.04. The number of Topliss-reactive ketones (excluding diaryl/α,β-unsaturated/α-hetero) is 1. The van der Waals surface area contributed by atoms with Crippen LogP contribution in [0.2, 0.25) is 0 Å². The number of aromatic nitrogens is 1. The van der Waals surface area contributed by atoms with Crippen LogP contribution in [0.5, 0.6) is 17.2 Å². The van der Waals surface area contributed by atoms with Gasteiger partial charge in [-0.3, -0.25) is 9.59 Å². The van der Waals surface area contributed by atoms with Gasteiger partial charge in [-0.25, -0.2) is 4.39 Å². The summed E-state index contributed by atoms with van der Waals surface area (Å²) in [6.07, 6.45) is 6.79. The average molecular weight is 510 g/mol. The molecule has 2 heterocycles. The second-order valence-electron chi connectivity index (χ2n) is 9.89. The summed E-state index contributed by atoms with van der Waals surface area (Å²) in [6.45, 7) is 2.14. The number of fused-ring (bicyclic) bond motifs is 1. The van der Waals surface area contributed by atoms with Gasteiger partial charge in [-0.1, -0.05) is 18.9 Å². The number of carbonyl (C=O) groups is 1. The number of nitrogens with one attached hydrogen (secondary N) is 1. The second kappa shape index (κ2) is 9.61. The second-order valence-corrected chi connectivity index (χ2v) is 9.89. The zero-order valence-corrected chi connectivity index (χ0v) is 21.4. The predicted octanol–water partition coefficient (Wildman–Crippen LogP) is 4.65. The molecule has 9 heteroatoms. The SMILES string of the molecule is COc1ccc(CCCNc2c(F)c(N)c3c(=O)c(C(C)=O)cn4c3c2OCC42CCCC2)cc1OC. The molecule has 2 aromatic carbocycles. The quantitative estimate of drug-likeness (QED) is 0.259. The van der Waals surface area contributed by atoms with Crippen LogP contribution in [0.4, 0.5) is 15.8 Å². The molecule has 0 atom stereocenters. The third-order valence-electron chi connectivity index (χ3n) is 7.68. The summed E-state index contributed by atoms with van der Waals surface area (Å²) in [4.78, 5) is 25.5.